The first-order chi connectivity index (χ1) is 3.06. The fourth-order valence-corrected chi connectivity index (χ4v) is 0.888. The lowest BCUT2D eigenvalue weighted by molar-refractivity contribution is 0.675. The van der Waals surface area contributed by atoms with Crippen LogP contribution in [0.2, 0.25) is 0 Å². The quantitative estimate of drug-likeness (QED) is 0.569. The minimum Gasteiger partial charge on any atom is -0.147 e. The van der Waals surface area contributed by atoms with Crippen LogP contribution >= 0.6 is 35.6 Å². The van der Waals surface area contributed by atoms with Gasteiger partial charge in [0.1, 0.15) is 0 Å². The van der Waals surface area contributed by atoms with Gasteiger partial charge in [0.25, 0.3) is 0 Å². The second kappa shape index (κ2) is 4.72. The molecule has 0 aromatic rings. The maximum absolute atomic E-state index is 5.75. The fraction of sp³-hybridized carbons (Fsp3) is 1.00. The Labute approximate surface area is 67.0 Å². The van der Waals surface area contributed by atoms with Gasteiger partial charge in [-0.3, -0.25) is 0 Å². The third kappa shape index (κ3) is 9.98. The second-order valence-electron chi connectivity index (χ2n) is 2.16. The Morgan fingerprint density at radius 2 is 1.75 bits per heavy atom. The summed E-state index contributed by atoms with van der Waals surface area (Å²) >= 11 is 11.2. The molecular weight excluding hydrogens is 166 g/mol. The molecule has 0 rings (SSSR count). The number of alkyl halides is 2. The van der Waals surface area contributed by atoms with E-state index in [2.05, 4.69) is 0 Å². The Kier molecular flexibility index (Phi) is 6.87. The van der Waals surface area contributed by atoms with Crippen LogP contribution in [-0.2, 0) is 0 Å². The van der Waals surface area contributed by atoms with E-state index in [0.717, 1.165) is 6.42 Å². The Bertz CT molecular complexity index is 46.1. The molecule has 0 N–H and O–H groups in total. The van der Waals surface area contributed by atoms with Gasteiger partial charge in [0.2, 0.25) is 0 Å². The van der Waals surface area contributed by atoms with Gasteiger partial charge in [-0.25, -0.2) is 0 Å². The van der Waals surface area contributed by atoms with Crippen LogP contribution in [0.1, 0.15) is 20.3 Å². The highest BCUT2D eigenvalue weighted by molar-refractivity contribution is 6.24. The molecule has 0 aromatic heterocycles. The van der Waals surface area contributed by atoms with Gasteiger partial charge in [-0.05, 0) is 20.3 Å². The van der Waals surface area contributed by atoms with Crippen molar-refractivity contribution in [2.75, 3.05) is 5.88 Å². The number of hydrogen-bond donors (Lipinski definition) is 0. The van der Waals surface area contributed by atoms with E-state index >= 15 is 0 Å². The zero-order valence-corrected chi connectivity index (χ0v) is 7.41. The molecule has 0 spiro atoms. The van der Waals surface area contributed by atoms with Crippen molar-refractivity contribution in [2.45, 2.75) is 25.1 Å². The number of rotatable bonds is 2. The van der Waals surface area contributed by atoms with E-state index in [4.69, 9.17) is 23.2 Å². The van der Waals surface area contributed by atoms with E-state index in [9.17, 15) is 0 Å². The lowest BCUT2D eigenvalue weighted by atomic mass is 10.1. The summed E-state index contributed by atoms with van der Waals surface area (Å²) in [6, 6.07) is 0. The zero-order valence-electron chi connectivity index (χ0n) is 5.08. The molecule has 0 saturated heterocycles. The summed E-state index contributed by atoms with van der Waals surface area (Å²) in [4.78, 5) is -0.109. The molecule has 0 aromatic carbocycles. The van der Waals surface area contributed by atoms with E-state index in [1.165, 1.54) is 0 Å². The average Bonchev–Trinajstić information content (AvgIpc) is 1.30. The van der Waals surface area contributed by atoms with Crippen molar-refractivity contribution >= 4 is 35.6 Å². The van der Waals surface area contributed by atoms with E-state index in [1.54, 1.807) is 0 Å². The van der Waals surface area contributed by atoms with E-state index in [-0.39, 0.29) is 17.3 Å². The van der Waals surface area contributed by atoms with Crippen molar-refractivity contribution in [1.29, 1.82) is 0 Å². The molecule has 0 atom stereocenters. The summed E-state index contributed by atoms with van der Waals surface area (Å²) in [5, 5.41) is 0. The minimum absolute atomic E-state index is 0. The molecule has 0 aliphatic heterocycles. The molecule has 0 unspecified atom stereocenters. The Hall–Kier alpha value is 0.870. The summed E-state index contributed by atoms with van der Waals surface area (Å²) in [7, 11) is 0. The van der Waals surface area contributed by atoms with Gasteiger partial charge < -0.3 is 0 Å². The van der Waals surface area contributed by atoms with Crippen LogP contribution in [0.15, 0.2) is 0 Å². The van der Waals surface area contributed by atoms with Gasteiger partial charge in [-0.15, -0.1) is 35.6 Å². The molecule has 3 heteroatoms. The fourth-order valence-electron chi connectivity index (χ4n) is 0.225. The van der Waals surface area contributed by atoms with E-state index in [0.29, 0.717) is 5.88 Å². The van der Waals surface area contributed by atoms with Crippen molar-refractivity contribution in [3.8, 4) is 0 Å². The van der Waals surface area contributed by atoms with Crippen LogP contribution in [0.3, 0.4) is 0 Å². The molecule has 8 heavy (non-hydrogen) atoms. The predicted molar refractivity (Wildman–Crippen MR) is 42.5 cm³/mol. The first-order valence-corrected chi connectivity index (χ1v) is 3.22. The van der Waals surface area contributed by atoms with Crippen LogP contribution in [0.4, 0.5) is 0 Å². The summed E-state index contributed by atoms with van der Waals surface area (Å²) in [6.45, 7) is 3.91. The molecule has 0 amide bonds. The maximum atomic E-state index is 5.75. The Morgan fingerprint density at radius 3 is 1.75 bits per heavy atom. The maximum Gasteiger partial charge on any atom is 0.0402 e. The van der Waals surface area contributed by atoms with E-state index in [1.807, 2.05) is 13.8 Å². The third-order valence-electron chi connectivity index (χ3n) is 0.689. The highest BCUT2D eigenvalue weighted by atomic mass is 35.5. The summed E-state index contributed by atoms with van der Waals surface area (Å²) in [5.74, 6) is 0.649. The third-order valence-corrected chi connectivity index (χ3v) is 1.07. The lowest BCUT2D eigenvalue weighted by Crippen LogP contribution is -2.09. The molecule has 0 nitrogen and oxygen atoms in total. The van der Waals surface area contributed by atoms with Crippen molar-refractivity contribution < 1.29 is 0 Å². The van der Waals surface area contributed by atoms with Crippen molar-refractivity contribution in [3.05, 3.63) is 0 Å². The normalized spacial score (nSPS) is 10.5. The summed E-state index contributed by atoms with van der Waals surface area (Å²) in [6.07, 6.45) is 0.871. The molecule has 0 fully saturated rings. The average molecular weight is 178 g/mol. The molecule has 0 aliphatic rings. The van der Waals surface area contributed by atoms with Crippen molar-refractivity contribution in [2.24, 2.45) is 0 Å². The smallest absolute Gasteiger partial charge is 0.0402 e. The van der Waals surface area contributed by atoms with E-state index < -0.39 is 0 Å². The molecule has 0 radical (unpaired) electrons. The highest BCUT2D eigenvalue weighted by Gasteiger charge is 2.10. The van der Waals surface area contributed by atoms with Crippen molar-refractivity contribution in [1.82, 2.24) is 0 Å². The Morgan fingerprint density at radius 1 is 1.38 bits per heavy atom. The molecule has 0 heterocycles. The lowest BCUT2D eigenvalue weighted by Gasteiger charge is -2.11. The molecular formula is C5H11Cl3. The molecule has 0 saturated carbocycles. The monoisotopic (exact) mass is 176 g/mol. The van der Waals surface area contributed by atoms with Crippen LogP contribution in [0.5, 0.6) is 0 Å². The van der Waals surface area contributed by atoms with Crippen LogP contribution < -0.4 is 0 Å². The SMILES string of the molecule is CC(C)(Cl)CCCl.Cl. The van der Waals surface area contributed by atoms with Crippen LogP contribution in [-0.4, -0.2) is 10.8 Å². The summed E-state index contributed by atoms with van der Waals surface area (Å²) in [5.41, 5.74) is 0. The zero-order chi connectivity index (χ0) is 5.91. The van der Waals surface area contributed by atoms with Crippen LogP contribution in [0.25, 0.3) is 0 Å². The topological polar surface area (TPSA) is 0 Å². The van der Waals surface area contributed by atoms with Gasteiger partial charge in [0.15, 0.2) is 0 Å². The standard InChI is InChI=1S/C5H10Cl2.ClH/c1-5(2,7)3-4-6;/h3-4H2,1-2H3;1H. The van der Waals surface area contributed by atoms with Gasteiger partial charge in [-0.2, -0.15) is 0 Å². The van der Waals surface area contributed by atoms with Gasteiger partial charge in [0.05, 0.1) is 0 Å². The Balaban J connectivity index is 0. The largest absolute Gasteiger partial charge is 0.147 e. The molecule has 0 bridgehead atoms. The van der Waals surface area contributed by atoms with Crippen LogP contribution in [0, 0.1) is 0 Å². The number of halogens is 3. The van der Waals surface area contributed by atoms with Gasteiger partial charge in [-0.1, -0.05) is 0 Å². The minimum atomic E-state index is -0.109. The first-order valence-electron chi connectivity index (χ1n) is 2.31. The first kappa shape index (κ1) is 11.6. The predicted octanol–water partition coefficient (Wildman–Crippen LogP) is 3.05. The molecule has 52 valence electrons. The van der Waals surface area contributed by atoms with Gasteiger partial charge in [0, 0.05) is 10.8 Å². The number of hydrogen-bond acceptors (Lipinski definition) is 0. The van der Waals surface area contributed by atoms with Crippen molar-refractivity contribution in [3.63, 3.8) is 0 Å². The second-order valence-corrected chi connectivity index (χ2v) is 3.56. The summed E-state index contributed by atoms with van der Waals surface area (Å²) < 4.78 is 0. The highest BCUT2D eigenvalue weighted by Crippen LogP contribution is 2.17. The van der Waals surface area contributed by atoms with Gasteiger partial charge >= 0.3 is 0 Å². The molecule has 0 aliphatic carbocycles.